The number of hydrogen-bond acceptors (Lipinski definition) is 4. The van der Waals surface area contributed by atoms with Crippen LogP contribution in [-0.4, -0.2) is 34.8 Å². The number of amides is 1. The van der Waals surface area contributed by atoms with Crippen LogP contribution in [0.4, 0.5) is 0 Å². The second kappa shape index (κ2) is 15.9. The molecule has 0 aliphatic carbocycles. The predicted octanol–water partition coefficient (Wildman–Crippen LogP) is 8.25. The molecule has 6 heteroatoms. The maximum atomic E-state index is 14.5. The highest BCUT2D eigenvalue weighted by atomic mass is 32.2. The maximum absolute atomic E-state index is 14.5. The van der Waals surface area contributed by atoms with Crippen LogP contribution in [0.15, 0.2) is 182 Å². The Hall–Kier alpha value is -5.43. The number of hydrogen-bond donors (Lipinski definition) is 3. The van der Waals surface area contributed by atoms with Gasteiger partial charge in [0, 0.05) is 5.75 Å². The van der Waals surface area contributed by atoms with Gasteiger partial charge >= 0.3 is 5.97 Å². The summed E-state index contributed by atoms with van der Waals surface area (Å²) in [6, 6.07) is 59.4. The van der Waals surface area contributed by atoms with Crippen molar-refractivity contribution >= 4 is 23.6 Å². The van der Waals surface area contributed by atoms with Crippen molar-refractivity contribution < 1.29 is 14.7 Å². The highest BCUT2D eigenvalue weighted by molar-refractivity contribution is 8.00. The average Bonchev–Trinajstić information content (AvgIpc) is 3.18. The van der Waals surface area contributed by atoms with Gasteiger partial charge in [-0.2, -0.15) is 0 Å². The van der Waals surface area contributed by atoms with E-state index >= 15 is 0 Å². The molecule has 0 aromatic heterocycles. The molecule has 250 valence electrons. The summed E-state index contributed by atoms with van der Waals surface area (Å²) in [6.45, 7) is 1.49. The molecule has 0 saturated heterocycles. The number of benzene rings is 6. The van der Waals surface area contributed by atoms with Crippen LogP contribution < -0.4 is 10.6 Å². The predicted molar refractivity (Wildman–Crippen MR) is 203 cm³/mol. The molecule has 0 spiro atoms. The van der Waals surface area contributed by atoms with Gasteiger partial charge in [0.1, 0.15) is 6.04 Å². The number of carbonyl (C=O) groups excluding carboxylic acids is 1. The molecule has 0 aliphatic rings. The first-order valence-corrected chi connectivity index (χ1v) is 17.7. The Bertz CT molecular complexity index is 1770. The number of aliphatic carboxylic acids is 1. The van der Waals surface area contributed by atoms with Crippen LogP contribution in [-0.2, 0) is 19.9 Å². The van der Waals surface area contributed by atoms with Crippen molar-refractivity contribution in [2.45, 2.75) is 29.3 Å². The van der Waals surface area contributed by atoms with Crippen LogP contribution in [0.25, 0.3) is 0 Å². The van der Waals surface area contributed by atoms with Gasteiger partial charge in [-0.1, -0.05) is 182 Å². The van der Waals surface area contributed by atoms with Crippen molar-refractivity contribution in [3.63, 3.8) is 0 Å². The van der Waals surface area contributed by atoms with Crippen molar-refractivity contribution in [3.05, 3.63) is 215 Å². The van der Waals surface area contributed by atoms with Gasteiger partial charge in [-0.05, 0) is 40.3 Å². The molecule has 0 bridgehead atoms. The van der Waals surface area contributed by atoms with Crippen LogP contribution in [0.1, 0.15) is 40.3 Å². The number of carboxylic acid groups (broad SMARTS) is 1. The molecule has 2 atom stereocenters. The minimum atomic E-state index is -1.10. The highest BCUT2D eigenvalue weighted by Crippen LogP contribution is 2.49. The van der Waals surface area contributed by atoms with Crippen molar-refractivity contribution in [1.29, 1.82) is 0 Å². The fourth-order valence-electron chi connectivity index (χ4n) is 6.61. The fourth-order valence-corrected chi connectivity index (χ4v) is 8.17. The third-order valence-electron chi connectivity index (χ3n) is 9.06. The van der Waals surface area contributed by atoms with E-state index in [1.807, 2.05) is 109 Å². The van der Waals surface area contributed by atoms with E-state index in [0.29, 0.717) is 5.75 Å². The molecule has 5 nitrogen and oxygen atoms in total. The van der Waals surface area contributed by atoms with Gasteiger partial charge in [0.05, 0.1) is 16.3 Å². The Labute approximate surface area is 298 Å². The molecule has 1 amide bonds. The number of nitrogens with one attached hydrogen (secondary N) is 2. The Morgan fingerprint density at radius 1 is 0.540 bits per heavy atom. The lowest BCUT2D eigenvalue weighted by Crippen LogP contribution is -2.58. The van der Waals surface area contributed by atoms with Crippen LogP contribution in [0.3, 0.4) is 0 Å². The van der Waals surface area contributed by atoms with Gasteiger partial charge in [0.25, 0.3) is 0 Å². The summed E-state index contributed by atoms with van der Waals surface area (Å²) in [5.41, 5.74) is 5.10. The van der Waals surface area contributed by atoms with Crippen LogP contribution in [0, 0.1) is 0 Å². The van der Waals surface area contributed by atoms with E-state index < -0.39 is 34.2 Å². The first kappa shape index (κ1) is 34.4. The molecule has 0 saturated carbocycles. The van der Waals surface area contributed by atoms with Crippen molar-refractivity contribution in [2.75, 3.05) is 5.75 Å². The van der Waals surface area contributed by atoms with E-state index in [9.17, 15) is 14.7 Å². The van der Waals surface area contributed by atoms with E-state index in [4.69, 9.17) is 0 Å². The zero-order valence-electron chi connectivity index (χ0n) is 27.9. The summed E-state index contributed by atoms with van der Waals surface area (Å²) in [6.07, 6.45) is 0. The third kappa shape index (κ3) is 7.13. The molecular weight excluding hydrogens is 637 g/mol. The summed E-state index contributed by atoms with van der Waals surface area (Å²) < 4.78 is -0.697. The second-order valence-corrected chi connectivity index (χ2v) is 13.4. The molecule has 3 N–H and O–H groups in total. The average molecular weight is 677 g/mol. The van der Waals surface area contributed by atoms with Crippen LogP contribution >= 0.6 is 11.8 Å². The largest absolute Gasteiger partial charge is 0.480 e. The lowest BCUT2D eigenvalue weighted by atomic mass is 9.76. The smallest absolute Gasteiger partial charge is 0.325 e. The van der Waals surface area contributed by atoms with E-state index in [1.54, 1.807) is 11.8 Å². The summed E-state index contributed by atoms with van der Waals surface area (Å²) >= 11 is 1.66. The lowest BCUT2D eigenvalue weighted by molar-refractivity contribution is -0.141. The minimum absolute atomic E-state index is 0.297. The molecular formula is C44H40N2O3S. The first-order valence-electron chi connectivity index (χ1n) is 16.7. The number of carboxylic acids is 1. The molecule has 50 heavy (non-hydrogen) atoms. The Kier molecular flexibility index (Phi) is 10.9. The SMILES string of the molecule is C[C@@H](NC(=O)[C@@H](CSC(c1ccccc1)(c1ccccc1)c1ccccc1)NC(c1ccccc1)(c1ccccc1)c1ccccc1)C(=O)O. The number of thioether (sulfide) groups is 1. The Morgan fingerprint density at radius 2 is 0.840 bits per heavy atom. The monoisotopic (exact) mass is 676 g/mol. The van der Waals surface area contributed by atoms with E-state index in [0.717, 1.165) is 33.4 Å². The molecule has 6 rings (SSSR count). The third-order valence-corrected chi connectivity index (χ3v) is 10.7. The Balaban J connectivity index is 1.54. The zero-order valence-corrected chi connectivity index (χ0v) is 28.7. The zero-order chi connectivity index (χ0) is 34.8. The normalized spacial score (nSPS) is 12.8. The fraction of sp³-hybridized carbons (Fsp3) is 0.136. The van der Waals surface area contributed by atoms with Gasteiger partial charge in [-0.3, -0.25) is 14.9 Å². The summed E-state index contributed by atoms with van der Waals surface area (Å²) in [4.78, 5) is 26.5. The highest BCUT2D eigenvalue weighted by Gasteiger charge is 2.43. The number of rotatable bonds is 14. The van der Waals surface area contributed by atoms with Gasteiger partial charge in [0.15, 0.2) is 0 Å². The summed E-state index contributed by atoms with van der Waals surface area (Å²) in [5, 5.41) is 16.5. The maximum Gasteiger partial charge on any atom is 0.325 e. The molecule has 0 heterocycles. The summed E-state index contributed by atoms with van der Waals surface area (Å²) in [7, 11) is 0. The van der Waals surface area contributed by atoms with E-state index in [-0.39, 0.29) is 0 Å². The Morgan fingerprint density at radius 3 is 1.14 bits per heavy atom. The van der Waals surface area contributed by atoms with Crippen molar-refractivity contribution in [1.82, 2.24) is 10.6 Å². The summed E-state index contributed by atoms with van der Waals surface area (Å²) in [5.74, 6) is -1.20. The van der Waals surface area contributed by atoms with Gasteiger partial charge in [-0.15, -0.1) is 11.8 Å². The van der Waals surface area contributed by atoms with E-state index in [2.05, 4.69) is 83.4 Å². The minimum Gasteiger partial charge on any atom is -0.480 e. The van der Waals surface area contributed by atoms with Crippen LogP contribution in [0.5, 0.6) is 0 Å². The van der Waals surface area contributed by atoms with Gasteiger partial charge in [-0.25, -0.2) is 0 Å². The molecule has 6 aromatic carbocycles. The van der Waals surface area contributed by atoms with Gasteiger partial charge < -0.3 is 10.4 Å². The van der Waals surface area contributed by atoms with E-state index in [1.165, 1.54) is 6.92 Å². The standard InChI is InChI=1S/C44H40N2O3S/c1-33(42(48)49)45-41(47)40(46-43(34-20-8-2-9-21-34,35-22-10-3-11-23-35)36-24-12-4-13-25-36)32-50-44(37-26-14-5-15-27-37,38-28-16-6-17-29-38)39-30-18-7-19-31-39/h2-31,33,40,46H,32H2,1H3,(H,45,47)(H,48,49)/t33-,40-/m1/s1. The van der Waals surface area contributed by atoms with Crippen molar-refractivity contribution in [2.24, 2.45) is 0 Å². The van der Waals surface area contributed by atoms with Crippen LogP contribution in [0.2, 0.25) is 0 Å². The molecule has 0 unspecified atom stereocenters. The molecule has 0 aliphatic heterocycles. The first-order chi connectivity index (χ1) is 24.4. The van der Waals surface area contributed by atoms with Gasteiger partial charge in [0.2, 0.25) is 5.91 Å². The molecule has 0 fully saturated rings. The topological polar surface area (TPSA) is 78.4 Å². The molecule has 6 aromatic rings. The lowest BCUT2D eigenvalue weighted by Gasteiger charge is -2.41. The quantitative estimate of drug-likeness (QED) is 0.101. The molecule has 0 radical (unpaired) electrons. The van der Waals surface area contributed by atoms with Crippen molar-refractivity contribution in [3.8, 4) is 0 Å². The second-order valence-electron chi connectivity index (χ2n) is 12.2. The number of carbonyl (C=O) groups is 2.